The van der Waals surface area contributed by atoms with Crippen LogP contribution in [0.15, 0.2) is 59.4 Å². The maximum absolute atomic E-state index is 12.4. The summed E-state index contributed by atoms with van der Waals surface area (Å²) < 4.78 is 1.55. The van der Waals surface area contributed by atoms with Crippen molar-refractivity contribution in [3.63, 3.8) is 0 Å². The van der Waals surface area contributed by atoms with E-state index in [1.54, 1.807) is 17.7 Å². The van der Waals surface area contributed by atoms with E-state index in [-0.39, 0.29) is 18.2 Å². The Morgan fingerprint density at radius 1 is 1.13 bits per heavy atom. The Labute approximate surface area is 134 Å². The van der Waals surface area contributed by atoms with Crippen LogP contribution in [0.25, 0.3) is 10.9 Å². The molecule has 0 spiro atoms. The number of hydrogen-bond acceptors (Lipinski definition) is 4. The lowest BCUT2D eigenvalue weighted by Gasteiger charge is -2.17. The Morgan fingerprint density at radius 2 is 1.83 bits per heavy atom. The number of aliphatic hydroxyl groups excluding tert-OH is 1. The summed E-state index contributed by atoms with van der Waals surface area (Å²) >= 11 is 0. The van der Waals surface area contributed by atoms with Crippen LogP contribution in [0.3, 0.4) is 0 Å². The molecular formula is C18H19N3O2. The van der Waals surface area contributed by atoms with Gasteiger partial charge < -0.3 is 10.4 Å². The van der Waals surface area contributed by atoms with Crippen molar-refractivity contribution in [3.8, 4) is 0 Å². The molecule has 3 rings (SSSR count). The second kappa shape index (κ2) is 6.73. The minimum absolute atomic E-state index is 0.0223. The number of fused-ring (bicyclic) bond motifs is 1. The molecule has 1 heterocycles. The van der Waals surface area contributed by atoms with Gasteiger partial charge in [-0.2, -0.15) is 0 Å². The molecule has 1 aromatic heterocycles. The van der Waals surface area contributed by atoms with Gasteiger partial charge in [0.2, 0.25) is 0 Å². The van der Waals surface area contributed by atoms with Crippen LogP contribution in [-0.2, 0) is 13.6 Å². The Bertz CT molecular complexity index is 859. The lowest BCUT2D eigenvalue weighted by atomic mass is 10.1. The van der Waals surface area contributed by atoms with Crippen molar-refractivity contribution in [3.05, 3.63) is 76.3 Å². The van der Waals surface area contributed by atoms with Crippen LogP contribution in [-0.4, -0.2) is 21.3 Å². The zero-order valence-corrected chi connectivity index (χ0v) is 12.9. The van der Waals surface area contributed by atoms with E-state index in [1.165, 1.54) is 0 Å². The van der Waals surface area contributed by atoms with Crippen molar-refractivity contribution in [2.75, 3.05) is 6.61 Å². The number of para-hydroxylation sites is 1. The van der Waals surface area contributed by atoms with E-state index in [4.69, 9.17) is 0 Å². The predicted molar refractivity (Wildman–Crippen MR) is 90.1 cm³/mol. The summed E-state index contributed by atoms with van der Waals surface area (Å²) in [5.74, 6) is 0.642. The summed E-state index contributed by atoms with van der Waals surface area (Å²) in [4.78, 5) is 16.9. The molecule has 0 saturated carbocycles. The van der Waals surface area contributed by atoms with Crippen molar-refractivity contribution in [2.24, 2.45) is 7.05 Å². The molecule has 5 heteroatoms. The normalized spacial score (nSPS) is 12.4. The Hall–Kier alpha value is -2.50. The van der Waals surface area contributed by atoms with E-state index in [1.807, 2.05) is 48.5 Å². The second-order valence-electron chi connectivity index (χ2n) is 5.44. The van der Waals surface area contributed by atoms with Crippen molar-refractivity contribution in [2.45, 2.75) is 12.6 Å². The van der Waals surface area contributed by atoms with Crippen molar-refractivity contribution >= 4 is 10.9 Å². The molecule has 5 nitrogen and oxygen atoms in total. The standard InChI is InChI=1S/C18H19N3O2/c1-21-17(20-15-10-6-5-9-14(15)18(21)23)11-19-16(12-22)13-7-3-2-4-8-13/h2-10,16,19,22H,11-12H2,1H3/t16-/m0/s1. The third-order valence-electron chi connectivity index (χ3n) is 3.97. The number of nitrogens with zero attached hydrogens (tertiary/aromatic N) is 2. The number of nitrogens with one attached hydrogen (secondary N) is 1. The minimum Gasteiger partial charge on any atom is -0.394 e. The molecule has 0 radical (unpaired) electrons. The van der Waals surface area contributed by atoms with E-state index in [2.05, 4.69) is 10.3 Å². The van der Waals surface area contributed by atoms with Crippen LogP contribution >= 0.6 is 0 Å². The quantitative estimate of drug-likeness (QED) is 0.753. The van der Waals surface area contributed by atoms with Crippen LogP contribution in [0.4, 0.5) is 0 Å². The van der Waals surface area contributed by atoms with Crippen LogP contribution in [0, 0.1) is 0 Å². The summed E-state index contributed by atoms with van der Waals surface area (Å²) in [6.07, 6.45) is 0. The average molecular weight is 309 g/mol. The first-order chi connectivity index (χ1) is 11.2. The molecule has 0 aliphatic rings. The van der Waals surface area contributed by atoms with Gasteiger partial charge in [0.05, 0.1) is 30.1 Å². The summed E-state index contributed by atoms with van der Waals surface area (Å²) in [5, 5.41) is 13.5. The van der Waals surface area contributed by atoms with Crippen LogP contribution in [0.1, 0.15) is 17.4 Å². The molecule has 0 amide bonds. The molecule has 3 aromatic rings. The molecule has 0 aliphatic carbocycles. The lowest BCUT2D eigenvalue weighted by Crippen LogP contribution is -2.29. The van der Waals surface area contributed by atoms with Gasteiger partial charge in [-0.25, -0.2) is 4.98 Å². The maximum Gasteiger partial charge on any atom is 0.261 e. The number of benzene rings is 2. The highest BCUT2D eigenvalue weighted by Crippen LogP contribution is 2.13. The molecule has 2 N–H and O–H groups in total. The first-order valence-corrected chi connectivity index (χ1v) is 7.54. The van der Waals surface area contributed by atoms with Gasteiger partial charge >= 0.3 is 0 Å². The van der Waals surface area contributed by atoms with Gasteiger partial charge in [-0.05, 0) is 17.7 Å². The van der Waals surface area contributed by atoms with Crippen LogP contribution in [0.5, 0.6) is 0 Å². The smallest absolute Gasteiger partial charge is 0.261 e. The number of rotatable bonds is 5. The van der Waals surface area contributed by atoms with Gasteiger partial charge in [-0.1, -0.05) is 42.5 Å². The first kappa shape index (κ1) is 15.4. The first-order valence-electron chi connectivity index (χ1n) is 7.54. The fraction of sp³-hybridized carbons (Fsp3) is 0.222. The highest BCUT2D eigenvalue weighted by Gasteiger charge is 2.12. The highest BCUT2D eigenvalue weighted by atomic mass is 16.3. The van der Waals surface area contributed by atoms with Gasteiger partial charge in [0.15, 0.2) is 0 Å². The molecule has 23 heavy (non-hydrogen) atoms. The van der Waals surface area contributed by atoms with E-state index in [0.29, 0.717) is 23.3 Å². The van der Waals surface area contributed by atoms with Crippen molar-refractivity contribution in [1.82, 2.24) is 14.9 Å². The maximum atomic E-state index is 12.4. The lowest BCUT2D eigenvalue weighted by molar-refractivity contribution is 0.242. The molecule has 1 atom stereocenters. The fourth-order valence-electron chi connectivity index (χ4n) is 2.61. The third kappa shape index (κ3) is 3.16. The van der Waals surface area contributed by atoms with Gasteiger partial charge in [-0.15, -0.1) is 0 Å². The number of hydrogen-bond donors (Lipinski definition) is 2. The summed E-state index contributed by atoms with van der Waals surface area (Å²) in [6.45, 7) is 0.377. The minimum atomic E-state index is -0.195. The molecule has 0 saturated heterocycles. The highest BCUT2D eigenvalue weighted by molar-refractivity contribution is 5.77. The summed E-state index contributed by atoms with van der Waals surface area (Å²) in [5.41, 5.74) is 1.63. The summed E-state index contributed by atoms with van der Waals surface area (Å²) in [6, 6.07) is 16.8. The van der Waals surface area contributed by atoms with E-state index < -0.39 is 0 Å². The molecule has 118 valence electrons. The summed E-state index contributed by atoms with van der Waals surface area (Å²) in [7, 11) is 1.72. The Morgan fingerprint density at radius 3 is 2.57 bits per heavy atom. The van der Waals surface area contributed by atoms with E-state index >= 15 is 0 Å². The fourth-order valence-corrected chi connectivity index (χ4v) is 2.61. The Balaban J connectivity index is 1.87. The largest absolute Gasteiger partial charge is 0.394 e. The molecule has 0 fully saturated rings. The zero-order chi connectivity index (χ0) is 16.2. The molecule has 0 aliphatic heterocycles. The van der Waals surface area contributed by atoms with Gasteiger partial charge in [0.25, 0.3) is 5.56 Å². The number of aliphatic hydroxyl groups is 1. The molecule has 0 unspecified atom stereocenters. The monoisotopic (exact) mass is 309 g/mol. The predicted octanol–water partition coefficient (Wildman–Crippen LogP) is 1.76. The third-order valence-corrected chi connectivity index (χ3v) is 3.97. The van der Waals surface area contributed by atoms with Gasteiger partial charge in [0.1, 0.15) is 5.82 Å². The van der Waals surface area contributed by atoms with Gasteiger partial charge in [0, 0.05) is 7.05 Å². The average Bonchev–Trinajstić information content (AvgIpc) is 2.60. The second-order valence-corrected chi connectivity index (χ2v) is 5.44. The molecular weight excluding hydrogens is 290 g/mol. The van der Waals surface area contributed by atoms with Gasteiger partial charge in [-0.3, -0.25) is 9.36 Å². The van der Waals surface area contributed by atoms with Crippen LogP contribution in [0.2, 0.25) is 0 Å². The zero-order valence-electron chi connectivity index (χ0n) is 12.9. The Kier molecular flexibility index (Phi) is 4.50. The van der Waals surface area contributed by atoms with E-state index in [9.17, 15) is 9.90 Å². The van der Waals surface area contributed by atoms with Crippen molar-refractivity contribution in [1.29, 1.82) is 0 Å². The van der Waals surface area contributed by atoms with Crippen LogP contribution < -0.4 is 10.9 Å². The van der Waals surface area contributed by atoms with E-state index in [0.717, 1.165) is 5.56 Å². The molecule has 0 bridgehead atoms. The molecule has 2 aromatic carbocycles. The SMILES string of the molecule is Cn1c(CN[C@@H](CO)c2ccccc2)nc2ccccc2c1=O. The van der Waals surface area contributed by atoms with Crippen molar-refractivity contribution < 1.29 is 5.11 Å². The topological polar surface area (TPSA) is 67.2 Å². The number of aromatic nitrogens is 2.